The number of carbonyl (C=O) groups is 1. The lowest BCUT2D eigenvalue weighted by Gasteiger charge is -2.25. The first-order valence-corrected chi connectivity index (χ1v) is 7.16. The van der Waals surface area contributed by atoms with Gasteiger partial charge in [0.25, 0.3) is 0 Å². The van der Waals surface area contributed by atoms with Gasteiger partial charge in [0.1, 0.15) is 0 Å². The summed E-state index contributed by atoms with van der Waals surface area (Å²) in [6.45, 7) is 4.00. The quantitative estimate of drug-likeness (QED) is 0.797. The van der Waals surface area contributed by atoms with Crippen LogP contribution in [0.2, 0.25) is 0 Å². The number of likely N-dealkylation sites (tertiary alicyclic amines) is 1. The van der Waals surface area contributed by atoms with E-state index in [-0.39, 0.29) is 5.92 Å². The van der Waals surface area contributed by atoms with Crippen LogP contribution in [0.25, 0.3) is 0 Å². The average Bonchev–Trinajstić information content (AvgIpc) is 2.69. The fourth-order valence-electron chi connectivity index (χ4n) is 2.75. The van der Waals surface area contributed by atoms with Gasteiger partial charge in [0, 0.05) is 13.1 Å². The zero-order valence-corrected chi connectivity index (χ0v) is 11.3. The average molecular weight is 245 g/mol. The highest BCUT2D eigenvalue weighted by Gasteiger charge is 2.24. The molecule has 1 aromatic carbocycles. The van der Waals surface area contributed by atoms with Gasteiger partial charge in [0.05, 0.1) is 5.92 Å². The second kappa shape index (κ2) is 6.58. The van der Waals surface area contributed by atoms with Gasteiger partial charge in [-0.1, -0.05) is 50.1 Å². The summed E-state index contributed by atoms with van der Waals surface area (Å²) < 4.78 is 0. The van der Waals surface area contributed by atoms with E-state index in [1.165, 1.54) is 12.8 Å². The molecule has 0 bridgehead atoms. The second-order valence-corrected chi connectivity index (χ2v) is 5.11. The number of hydrogen-bond acceptors (Lipinski definition) is 1. The van der Waals surface area contributed by atoms with Crippen molar-refractivity contribution in [3.63, 3.8) is 0 Å². The summed E-state index contributed by atoms with van der Waals surface area (Å²) in [7, 11) is 0. The van der Waals surface area contributed by atoms with E-state index in [4.69, 9.17) is 0 Å². The number of rotatable bonds is 3. The lowest BCUT2D eigenvalue weighted by molar-refractivity contribution is -0.132. The Kier molecular flexibility index (Phi) is 4.80. The minimum Gasteiger partial charge on any atom is -0.342 e. The smallest absolute Gasteiger partial charge is 0.230 e. The van der Waals surface area contributed by atoms with Crippen LogP contribution in [0.15, 0.2) is 30.3 Å². The van der Waals surface area contributed by atoms with E-state index < -0.39 is 0 Å². The van der Waals surface area contributed by atoms with Gasteiger partial charge in [-0.3, -0.25) is 4.79 Å². The first-order chi connectivity index (χ1) is 8.83. The fraction of sp³-hybridized carbons (Fsp3) is 0.562. The maximum Gasteiger partial charge on any atom is 0.230 e. The number of amides is 1. The largest absolute Gasteiger partial charge is 0.342 e. The van der Waals surface area contributed by atoms with Crippen LogP contribution in [0, 0.1) is 0 Å². The molecule has 1 amide bonds. The monoisotopic (exact) mass is 245 g/mol. The molecule has 1 aromatic rings. The Balaban J connectivity index is 2.09. The van der Waals surface area contributed by atoms with Crippen molar-refractivity contribution >= 4 is 5.91 Å². The summed E-state index contributed by atoms with van der Waals surface area (Å²) in [6, 6.07) is 10.2. The van der Waals surface area contributed by atoms with Crippen LogP contribution >= 0.6 is 0 Å². The third kappa shape index (κ3) is 3.12. The molecule has 98 valence electrons. The highest BCUT2D eigenvalue weighted by Crippen LogP contribution is 2.23. The van der Waals surface area contributed by atoms with Crippen molar-refractivity contribution in [3.05, 3.63) is 35.9 Å². The van der Waals surface area contributed by atoms with Gasteiger partial charge in [-0.15, -0.1) is 0 Å². The van der Waals surface area contributed by atoms with Gasteiger partial charge in [0.2, 0.25) is 5.91 Å². The zero-order chi connectivity index (χ0) is 12.8. The van der Waals surface area contributed by atoms with E-state index in [1.54, 1.807) is 0 Å². The molecule has 0 spiro atoms. The van der Waals surface area contributed by atoms with E-state index >= 15 is 0 Å². The predicted molar refractivity (Wildman–Crippen MR) is 74.5 cm³/mol. The Bertz CT molecular complexity index is 366. The molecule has 18 heavy (non-hydrogen) atoms. The standard InChI is InChI=1S/C16H23NO/c1-2-15(14-10-6-5-7-11-14)16(18)17-12-8-3-4-9-13-17/h5-7,10-11,15H,2-4,8-9,12-13H2,1H3. The Morgan fingerprint density at radius 3 is 2.28 bits per heavy atom. The molecule has 0 radical (unpaired) electrons. The summed E-state index contributed by atoms with van der Waals surface area (Å²) in [5.74, 6) is 0.370. The van der Waals surface area contributed by atoms with E-state index in [2.05, 4.69) is 24.0 Å². The van der Waals surface area contributed by atoms with Crippen molar-refractivity contribution < 1.29 is 4.79 Å². The van der Waals surface area contributed by atoms with E-state index in [0.29, 0.717) is 5.91 Å². The van der Waals surface area contributed by atoms with Gasteiger partial charge in [-0.05, 0) is 24.8 Å². The van der Waals surface area contributed by atoms with Gasteiger partial charge >= 0.3 is 0 Å². The SMILES string of the molecule is CCC(C(=O)N1CCCCCC1)c1ccccc1. The van der Waals surface area contributed by atoms with E-state index in [1.807, 2.05) is 18.2 Å². The molecule has 0 aromatic heterocycles. The number of nitrogens with zero attached hydrogens (tertiary/aromatic N) is 1. The van der Waals surface area contributed by atoms with Gasteiger partial charge in [-0.2, -0.15) is 0 Å². The van der Waals surface area contributed by atoms with Gasteiger partial charge in [-0.25, -0.2) is 0 Å². The summed E-state index contributed by atoms with van der Waals surface area (Å²) in [5, 5.41) is 0. The van der Waals surface area contributed by atoms with E-state index in [9.17, 15) is 4.79 Å². The molecule has 1 fully saturated rings. The molecule has 1 aliphatic rings. The van der Waals surface area contributed by atoms with E-state index in [0.717, 1.165) is 37.9 Å². The van der Waals surface area contributed by atoms with Crippen LogP contribution in [0.1, 0.15) is 50.5 Å². The van der Waals surface area contributed by atoms with Crippen molar-refractivity contribution in [1.82, 2.24) is 4.90 Å². The maximum atomic E-state index is 12.6. The van der Waals surface area contributed by atoms with Gasteiger partial charge in [0.15, 0.2) is 0 Å². The van der Waals surface area contributed by atoms with Crippen molar-refractivity contribution in [3.8, 4) is 0 Å². The first kappa shape index (κ1) is 13.1. The molecule has 2 rings (SSSR count). The molecule has 1 unspecified atom stereocenters. The van der Waals surface area contributed by atoms with Crippen LogP contribution in [-0.2, 0) is 4.79 Å². The summed E-state index contributed by atoms with van der Waals surface area (Å²) >= 11 is 0. The van der Waals surface area contributed by atoms with Crippen LogP contribution in [0.5, 0.6) is 0 Å². The Morgan fingerprint density at radius 1 is 1.11 bits per heavy atom. The molecule has 1 aliphatic heterocycles. The van der Waals surface area contributed by atoms with Crippen molar-refractivity contribution in [2.45, 2.75) is 44.9 Å². The molecule has 2 nitrogen and oxygen atoms in total. The molecule has 1 saturated heterocycles. The molecule has 2 heteroatoms. The van der Waals surface area contributed by atoms with Crippen LogP contribution in [0.4, 0.5) is 0 Å². The molecule has 1 heterocycles. The predicted octanol–water partition coefficient (Wildman–Crippen LogP) is 3.58. The van der Waals surface area contributed by atoms with Crippen LogP contribution < -0.4 is 0 Å². The molecule has 0 N–H and O–H groups in total. The molecular weight excluding hydrogens is 222 g/mol. The second-order valence-electron chi connectivity index (χ2n) is 5.11. The number of carbonyl (C=O) groups excluding carboxylic acids is 1. The highest BCUT2D eigenvalue weighted by atomic mass is 16.2. The third-order valence-electron chi connectivity index (χ3n) is 3.83. The molecule has 0 saturated carbocycles. The minimum absolute atomic E-state index is 0.0456. The van der Waals surface area contributed by atoms with Crippen molar-refractivity contribution in [1.29, 1.82) is 0 Å². The summed E-state index contributed by atoms with van der Waals surface area (Å²) in [5.41, 5.74) is 1.16. The maximum absolute atomic E-state index is 12.6. The summed E-state index contributed by atoms with van der Waals surface area (Å²) in [6.07, 6.45) is 5.76. The van der Waals surface area contributed by atoms with Crippen LogP contribution in [0.3, 0.4) is 0 Å². The van der Waals surface area contributed by atoms with Crippen molar-refractivity contribution in [2.75, 3.05) is 13.1 Å². The Morgan fingerprint density at radius 2 is 1.72 bits per heavy atom. The number of hydrogen-bond donors (Lipinski definition) is 0. The molecular formula is C16H23NO. The third-order valence-corrected chi connectivity index (χ3v) is 3.83. The lowest BCUT2D eigenvalue weighted by atomic mass is 9.95. The first-order valence-electron chi connectivity index (χ1n) is 7.16. The Hall–Kier alpha value is -1.31. The number of benzene rings is 1. The molecule has 1 atom stereocenters. The highest BCUT2D eigenvalue weighted by molar-refractivity contribution is 5.83. The van der Waals surface area contributed by atoms with Crippen LogP contribution in [-0.4, -0.2) is 23.9 Å². The minimum atomic E-state index is 0.0456. The van der Waals surface area contributed by atoms with Gasteiger partial charge < -0.3 is 4.90 Å². The summed E-state index contributed by atoms with van der Waals surface area (Å²) in [4.78, 5) is 14.7. The lowest BCUT2D eigenvalue weighted by Crippen LogP contribution is -2.35. The Labute approximate surface area is 110 Å². The normalized spacial score (nSPS) is 18.2. The topological polar surface area (TPSA) is 20.3 Å². The molecule has 0 aliphatic carbocycles. The van der Waals surface area contributed by atoms with Crippen molar-refractivity contribution in [2.24, 2.45) is 0 Å². The zero-order valence-electron chi connectivity index (χ0n) is 11.3. The fourth-order valence-corrected chi connectivity index (χ4v) is 2.75.